The van der Waals surface area contributed by atoms with E-state index in [1.54, 1.807) is 35.2 Å². The lowest BCUT2D eigenvalue weighted by Gasteiger charge is -2.33. The molecule has 2 N–H and O–H groups in total. The van der Waals surface area contributed by atoms with Crippen molar-refractivity contribution < 1.29 is 19.1 Å². The standard InChI is InChI=1S/C19H19ClN2O4/c20-15-7-3-1-5-13(15)17-11-22(9-10-25-17)19(24)14-6-2-4-8-16(14)26-12-18(21)23/h1-8,17H,9-12H2,(H2,21,23). The highest BCUT2D eigenvalue weighted by Crippen LogP contribution is 2.29. The van der Waals surface area contributed by atoms with Gasteiger partial charge in [0.1, 0.15) is 11.9 Å². The maximum Gasteiger partial charge on any atom is 0.257 e. The summed E-state index contributed by atoms with van der Waals surface area (Å²) in [5.41, 5.74) is 6.35. The van der Waals surface area contributed by atoms with Crippen LogP contribution >= 0.6 is 11.6 Å². The largest absolute Gasteiger partial charge is 0.483 e. The minimum absolute atomic E-state index is 0.189. The van der Waals surface area contributed by atoms with Gasteiger partial charge in [-0.05, 0) is 18.2 Å². The second-order valence-corrected chi connectivity index (χ2v) is 6.29. The van der Waals surface area contributed by atoms with Gasteiger partial charge in [0.15, 0.2) is 6.61 Å². The highest BCUT2D eigenvalue weighted by Gasteiger charge is 2.28. The summed E-state index contributed by atoms with van der Waals surface area (Å²) < 4.78 is 11.2. The summed E-state index contributed by atoms with van der Waals surface area (Å²) in [5, 5.41) is 0.608. The van der Waals surface area contributed by atoms with Gasteiger partial charge >= 0.3 is 0 Å². The number of morpholine rings is 1. The van der Waals surface area contributed by atoms with Crippen LogP contribution in [0.1, 0.15) is 22.0 Å². The molecule has 0 radical (unpaired) electrons. The minimum atomic E-state index is -0.600. The second-order valence-electron chi connectivity index (χ2n) is 5.88. The minimum Gasteiger partial charge on any atom is -0.483 e. The van der Waals surface area contributed by atoms with E-state index < -0.39 is 5.91 Å². The maximum absolute atomic E-state index is 13.0. The highest BCUT2D eigenvalue weighted by molar-refractivity contribution is 6.31. The van der Waals surface area contributed by atoms with Crippen LogP contribution in [0.5, 0.6) is 5.75 Å². The summed E-state index contributed by atoms with van der Waals surface area (Å²) >= 11 is 6.25. The van der Waals surface area contributed by atoms with E-state index in [0.29, 0.717) is 36.0 Å². The molecule has 0 aliphatic carbocycles. The number of nitrogens with zero attached hydrogens (tertiary/aromatic N) is 1. The number of nitrogens with two attached hydrogens (primary N) is 1. The SMILES string of the molecule is NC(=O)COc1ccccc1C(=O)N1CCOC(c2ccccc2Cl)C1. The molecule has 0 aromatic heterocycles. The van der Waals surface area contributed by atoms with E-state index in [4.69, 9.17) is 26.8 Å². The first-order valence-electron chi connectivity index (χ1n) is 8.21. The summed E-state index contributed by atoms with van der Waals surface area (Å²) in [6, 6.07) is 14.2. The van der Waals surface area contributed by atoms with E-state index in [2.05, 4.69) is 0 Å². The van der Waals surface area contributed by atoms with Crippen LogP contribution in [-0.4, -0.2) is 43.0 Å². The van der Waals surface area contributed by atoms with Crippen LogP contribution in [0.2, 0.25) is 5.02 Å². The monoisotopic (exact) mass is 374 g/mol. The Bertz CT molecular complexity index is 812. The lowest BCUT2D eigenvalue weighted by atomic mass is 10.1. The van der Waals surface area contributed by atoms with Gasteiger partial charge in [-0.3, -0.25) is 9.59 Å². The van der Waals surface area contributed by atoms with Crippen molar-refractivity contribution in [3.63, 3.8) is 0 Å². The first kappa shape index (κ1) is 18.2. The fourth-order valence-electron chi connectivity index (χ4n) is 2.85. The van der Waals surface area contributed by atoms with Gasteiger partial charge < -0.3 is 20.1 Å². The third-order valence-corrected chi connectivity index (χ3v) is 4.44. The molecule has 2 aromatic rings. The van der Waals surface area contributed by atoms with Gasteiger partial charge in [-0.15, -0.1) is 0 Å². The predicted molar refractivity (Wildman–Crippen MR) is 97.2 cm³/mol. The maximum atomic E-state index is 13.0. The van der Waals surface area contributed by atoms with Crippen molar-refractivity contribution in [2.75, 3.05) is 26.3 Å². The summed E-state index contributed by atoms with van der Waals surface area (Å²) in [7, 11) is 0. The molecule has 1 unspecified atom stereocenters. The van der Waals surface area contributed by atoms with Crippen LogP contribution in [0.15, 0.2) is 48.5 Å². The number of primary amides is 1. The van der Waals surface area contributed by atoms with Gasteiger partial charge in [-0.2, -0.15) is 0 Å². The Hall–Kier alpha value is -2.57. The van der Waals surface area contributed by atoms with Crippen molar-refractivity contribution >= 4 is 23.4 Å². The average molecular weight is 375 g/mol. The molecule has 26 heavy (non-hydrogen) atoms. The molecular weight excluding hydrogens is 356 g/mol. The molecule has 7 heteroatoms. The van der Waals surface area contributed by atoms with Crippen LogP contribution in [0.4, 0.5) is 0 Å². The van der Waals surface area contributed by atoms with E-state index in [1.807, 2.05) is 18.2 Å². The van der Waals surface area contributed by atoms with Crippen molar-refractivity contribution in [2.24, 2.45) is 5.73 Å². The first-order chi connectivity index (χ1) is 12.6. The van der Waals surface area contributed by atoms with Crippen molar-refractivity contribution in [1.82, 2.24) is 4.90 Å². The Morgan fingerprint density at radius 2 is 1.92 bits per heavy atom. The molecule has 1 aliphatic rings. The van der Waals surface area contributed by atoms with Crippen LogP contribution in [0.25, 0.3) is 0 Å². The van der Waals surface area contributed by atoms with Crippen molar-refractivity contribution in [1.29, 1.82) is 0 Å². The summed E-state index contributed by atoms with van der Waals surface area (Å²) in [4.78, 5) is 25.6. The van der Waals surface area contributed by atoms with E-state index >= 15 is 0 Å². The van der Waals surface area contributed by atoms with Gasteiger partial charge in [-0.1, -0.05) is 41.9 Å². The Morgan fingerprint density at radius 1 is 1.19 bits per heavy atom. The number of halogens is 1. The number of hydrogen-bond donors (Lipinski definition) is 1. The molecule has 1 atom stereocenters. The molecule has 1 heterocycles. The second kappa shape index (κ2) is 8.21. The zero-order chi connectivity index (χ0) is 18.5. The summed E-state index contributed by atoms with van der Waals surface area (Å²) in [6.07, 6.45) is -0.292. The van der Waals surface area contributed by atoms with E-state index in [9.17, 15) is 9.59 Å². The number of amides is 2. The zero-order valence-corrected chi connectivity index (χ0v) is 14.8. The van der Waals surface area contributed by atoms with Crippen molar-refractivity contribution in [2.45, 2.75) is 6.10 Å². The highest BCUT2D eigenvalue weighted by atomic mass is 35.5. The fraction of sp³-hybridized carbons (Fsp3) is 0.263. The average Bonchev–Trinajstić information content (AvgIpc) is 2.66. The third kappa shape index (κ3) is 4.15. The third-order valence-electron chi connectivity index (χ3n) is 4.09. The number of para-hydroxylation sites is 1. The van der Waals surface area contributed by atoms with Crippen LogP contribution in [0, 0.1) is 0 Å². The molecule has 1 aliphatic heterocycles. The van der Waals surface area contributed by atoms with Gasteiger partial charge in [0.05, 0.1) is 18.7 Å². The molecule has 3 rings (SSSR count). The number of rotatable bonds is 5. The van der Waals surface area contributed by atoms with Crippen molar-refractivity contribution in [3.8, 4) is 5.75 Å². The molecule has 2 aromatic carbocycles. The number of hydrogen-bond acceptors (Lipinski definition) is 4. The molecule has 1 fully saturated rings. The Kier molecular flexibility index (Phi) is 5.75. The zero-order valence-electron chi connectivity index (χ0n) is 14.1. The van der Waals surface area contributed by atoms with Crippen molar-refractivity contribution in [3.05, 3.63) is 64.7 Å². The molecule has 0 spiro atoms. The smallest absolute Gasteiger partial charge is 0.257 e. The molecule has 0 bridgehead atoms. The quantitative estimate of drug-likeness (QED) is 0.871. The Morgan fingerprint density at radius 3 is 2.69 bits per heavy atom. The number of carbonyl (C=O) groups is 2. The fourth-order valence-corrected chi connectivity index (χ4v) is 3.10. The lowest BCUT2D eigenvalue weighted by Crippen LogP contribution is -2.42. The lowest BCUT2D eigenvalue weighted by molar-refractivity contribution is -0.119. The van der Waals surface area contributed by atoms with Gasteiger partial charge in [0, 0.05) is 17.1 Å². The first-order valence-corrected chi connectivity index (χ1v) is 8.59. The van der Waals surface area contributed by atoms with Gasteiger partial charge in [0.25, 0.3) is 11.8 Å². The van der Waals surface area contributed by atoms with E-state index in [1.165, 1.54) is 0 Å². The molecule has 1 saturated heterocycles. The molecule has 0 saturated carbocycles. The topological polar surface area (TPSA) is 81.9 Å². The molecule has 2 amide bonds. The van der Waals surface area contributed by atoms with Crippen LogP contribution < -0.4 is 10.5 Å². The Labute approximate surface area is 156 Å². The number of benzene rings is 2. The predicted octanol–water partition coefficient (Wildman–Crippen LogP) is 2.42. The van der Waals surface area contributed by atoms with E-state index in [-0.39, 0.29) is 18.6 Å². The van der Waals surface area contributed by atoms with E-state index in [0.717, 1.165) is 5.56 Å². The molecule has 6 nitrogen and oxygen atoms in total. The normalized spacial score (nSPS) is 17.0. The van der Waals surface area contributed by atoms with Crippen LogP contribution in [-0.2, 0) is 9.53 Å². The van der Waals surface area contributed by atoms with Gasteiger partial charge in [-0.25, -0.2) is 0 Å². The van der Waals surface area contributed by atoms with Crippen LogP contribution in [0.3, 0.4) is 0 Å². The summed E-state index contributed by atoms with van der Waals surface area (Å²) in [6.45, 7) is 0.970. The Balaban J connectivity index is 1.78. The number of ether oxygens (including phenoxy) is 2. The molecule has 136 valence electrons. The molecular formula is C19H19ClN2O4. The number of carbonyl (C=O) groups excluding carboxylic acids is 2. The van der Waals surface area contributed by atoms with Gasteiger partial charge in [0.2, 0.25) is 0 Å². The summed E-state index contributed by atoms with van der Waals surface area (Å²) in [5.74, 6) is -0.458.